The van der Waals surface area contributed by atoms with E-state index in [1.165, 1.54) is 29.2 Å². The van der Waals surface area contributed by atoms with E-state index in [1.54, 1.807) is 49.0 Å². The molecule has 7 nitrogen and oxygen atoms in total. The van der Waals surface area contributed by atoms with Crippen LogP contribution in [0, 0.1) is 5.82 Å². The fraction of sp³-hybridized carbons (Fsp3) is 0.444. The van der Waals surface area contributed by atoms with Crippen LogP contribution in [0.2, 0.25) is 5.02 Å². The number of amides is 3. The second-order valence-electron chi connectivity index (χ2n) is 9.05. The molecule has 0 N–H and O–H groups in total. The summed E-state index contributed by atoms with van der Waals surface area (Å²) in [5, 5.41) is 0.399. The van der Waals surface area contributed by atoms with Crippen LogP contribution in [0.4, 0.5) is 4.39 Å². The van der Waals surface area contributed by atoms with Gasteiger partial charge in [0.05, 0.1) is 12.2 Å². The van der Waals surface area contributed by atoms with Crippen molar-refractivity contribution in [2.75, 3.05) is 40.3 Å². The number of fused-ring (bicyclic) bond motifs is 1. The van der Waals surface area contributed by atoms with Gasteiger partial charge in [-0.3, -0.25) is 14.4 Å². The highest BCUT2D eigenvalue weighted by Crippen LogP contribution is 2.25. The fourth-order valence-corrected chi connectivity index (χ4v) is 4.26. The highest BCUT2D eigenvalue weighted by atomic mass is 35.5. The van der Waals surface area contributed by atoms with Gasteiger partial charge in [-0.05, 0) is 75.1 Å². The van der Waals surface area contributed by atoms with E-state index in [9.17, 15) is 18.8 Å². The van der Waals surface area contributed by atoms with Crippen molar-refractivity contribution in [2.24, 2.45) is 0 Å². The molecular formula is C27H33ClFN3O4. The lowest BCUT2D eigenvalue weighted by Crippen LogP contribution is -2.47. The van der Waals surface area contributed by atoms with Crippen molar-refractivity contribution >= 4 is 29.3 Å². The number of benzene rings is 2. The number of rotatable bonds is 1. The molecule has 3 amide bonds. The van der Waals surface area contributed by atoms with E-state index < -0.39 is 6.04 Å². The molecule has 2 aromatic carbocycles. The van der Waals surface area contributed by atoms with E-state index >= 15 is 0 Å². The van der Waals surface area contributed by atoms with E-state index in [0.717, 1.165) is 0 Å². The van der Waals surface area contributed by atoms with Crippen molar-refractivity contribution in [3.8, 4) is 5.75 Å². The van der Waals surface area contributed by atoms with Crippen LogP contribution in [0.3, 0.4) is 0 Å². The molecule has 2 aromatic rings. The van der Waals surface area contributed by atoms with E-state index in [-0.39, 0.29) is 23.5 Å². The lowest BCUT2D eigenvalue weighted by Gasteiger charge is -2.29. The maximum atomic E-state index is 13.3. The molecule has 1 heterocycles. The monoisotopic (exact) mass is 517 g/mol. The maximum Gasteiger partial charge on any atom is 0.258 e. The van der Waals surface area contributed by atoms with Gasteiger partial charge < -0.3 is 19.4 Å². The highest BCUT2D eigenvalue weighted by molar-refractivity contribution is 6.31. The van der Waals surface area contributed by atoms with Crippen LogP contribution in [0.1, 0.15) is 53.3 Å². The van der Waals surface area contributed by atoms with E-state index in [2.05, 4.69) is 0 Å². The van der Waals surface area contributed by atoms with Gasteiger partial charge in [-0.25, -0.2) is 4.39 Å². The number of carbonyl (C=O) groups is 3. The highest BCUT2D eigenvalue weighted by Gasteiger charge is 2.28. The summed E-state index contributed by atoms with van der Waals surface area (Å²) in [6.07, 6.45) is 2.76. The third kappa shape index (κ3) is 6.97. The van der Waals surface area contributed by atoms with Crippen molar-refractivity contribution in [1.82, 2.24) is 14.7 Å². The number of carbonyl (C=O) groups excluding carboxylic acids is 3. The Morgan fingerprint density at radius 2 is 1.61 bits per heavy atom. The Kier molecular flexibility index (Phi) is 9.70. The standard InChI is InChI=1S/C27H33ClFN3O4/c1-19-25(33)30(2)14-4-5-15-32(26(34)20-8-11-22(29)12-9-20)16-6-7-17-36-24-13-10-21(28)18-23(24)27(35)31(19)3/h8-13,18-19H,4-7,14-17H2,1-3H3/t19-/m0/s1. The minimum absolute atomic E-state index is 0.154. The molecule has 0 aliphatic carbocycles. The summed E-state index contributed by atoms with van der Waals surface area (Å²) in [7, 11) is 3.30. The molecule has 3 rings (SSSR count). The number of hydrogen-bond acceptors (Lipinski definition) is 4. The molecule has 0 unspecified atom stereocenters. The summed E-state index contributed by atoms with van der Waals surface area (Å²) < 4.78 is 19.2. The summed E-state index contributed by atoms with van der Waals surface area (Å²) >= 11 is 6.15. The van der Waals surface area contributed by atoms with Crippen LogP contribution in [0.15, 0.2) is 42.5 Å². The van der Waals surface area contributed by atoms with Gasteiger partial charge in [0, 0.05) is 44.3 Å². The molecule has 1 atom stereocenters. The number of halogens is 2. The van der Waals surface area contributed by atoms with Crippen LogP contribution in [-0.2, 0) is 4.79 Å². The van der Waals surface area contributed by atoms with Crippen LogP contribution in [0.5, 0.6) is 5.75 Å². The SMILES string of the molecule is C[C@H]1C(=O)N(C)CCCCN(C(=O)c2ccc(F)cc2)CCCCOc2ccc(Cl)cc2C(=O)N1C. The Morgan fingerprint density at radius 3 is 2.31 bits per heavy atom. The lowest BCUT2D eigenvalue weighted by molar-refractivity contribution is -0.133. The Balaban J connectivity index is 1.80. The van der Waals surface area contributed by atoms with E-state index in [1.807, 2.05) is 0 Å². The zero-order valence-corrected chi connectivity index (χ0v) is 21.8. The molecule has 9 heteroatoms. The number of hydrogen-bond donors (Lipinski definition) is 0. The van der Waals surface area contributed by atoms with Crippen LogP contribution in [0.25, 0.3) is 0 Å². The van der Waals surface area contributed by atoms with Gasteiger partial charge in [0.25, 0.3) is 11.8 Å². The first kappa shape index (κ1) is 27.5. The lowest BCUT2D eigenvalue weighted by atomic mass is 10.1. The van der Waals surface area contributed by atoms with Crippen LogP contribution in [-0.4, -0.2) is 78.8 Å². The molecule has 0 aromatic heterocycles. The first-order valence-electron chi connectivity index (χ1n) is 12.2. The molecule has 1 aliphatic heterocycles. The van der Waals surface area contributed by atoms with Gasteiger partial charge in [0.2, 0.25) is 5.91 Å². The molecular weight excluding hydrogens is 485 g/mol. The van der Waals surface area contributed by atoms with Gasteiger partial charge in [0.15, 0.2) is 0 Å². The topological polar surface area (TPSA) is 70.2 Å². The van der Waals surface area contributed by atoms with Crippen molar-refractivity contribution in [2.45, 2.75) is 38.6 Å². The second kappa shape index (κ2) is 12.7. The van der Waals surface area contributed by atoms with Gasteiger partial charge in [-0.2, -0.15) is 0 Å². The molecule has 0 saturated heterocycles. The van der Waals surface area contributed by atoms with Gasteiger partial charge in [0.1, 0.15) is 17.6 Å². The maximum absolute atomic E-state index is 13.3. The van der Waals surface area contributed by atoms with Crippen LogP contribution >= 0.6 is 11.6 Å². The van der Waals surface area contributed by atoms with Gasteiger partial charge in [-0.1, -0.05) is 11.6 Å². The van der Waals surface area contributed by atoms with E-state index in [4.69, 9.17) is 16.3 Å². The smallest absolute Gasteiger partial charge is 0.258 e. The van der Waals surface area contributed by atoms with Crippen molar-refractivity contribution in [3.63, 3.8) is 0 Å². The van der Waals surface area contributed by atoms with Crippen molar-refractivity contribution < 1.29 is 23.5 Å². The Labute approximate surface area is 216 Å². The zero-order chi connectivity index (χ0) is 26.2. The normalized spacial score (nSPS) is 18.9. The second-order valence-corrected chi connectivity index (χ2v) is 9.49. The fourth-order valence-electron chi connectivity index (χ4n) is 4.08. The summed E-state index contributed by atoms with van der Waals surface area (Å²) in [5.41, 5.74) is 0.733. The zero-order valence-electron chi connectivity index (χ0n) is 21.0. The molecule has 0 fully saturated rings. The average molecular weight is 518 g/mol. The minimum Gasteiger partial charge on any atom is -0.493 e. The minimum atomic E-state index is -0.679. The molecule has 0 bridgehead atoms. The summed E-state index contributed by atoms with van der Waals surface area (Å²) in [6, 6.07) is 9.73. The third-order valence-electron chi connectivity index (χ3n) is 6.44. The Hall–Kier alpha value is -3.13. The molecule has 0 spiro atoms. The van der Waals surface area contributed by atoms with Gasteiger partial charge in [-0.15, -0.1) is 0 Å². The molecule has 194 valence electrons. The predicted octanol–water partition coefficient (Wildman–Crippen LogP) is 4.49. The first-order chi connectivity index (χ1) is 17.2. The first-order valence-corrected chi connectivity index (χ1v) is 12.6. The predicted molar refractivity (Wildman–Crippen MR) is 137 cm³/mol. The van der Waals surface area contributed by atoms with Crippen LogP contribution < -0.4 is 4.74 Å². The Morgan fingerprint density at radius 1 is 0.972 bits per heavy atom. The van der Waals surface area contributed by atoms with Gasteiger partial charge >= 0.3 is 0 Å². The quantitative estimate of drug-likeness (QED) is 0.558. The Bertz CT molecular complexity index is 1080. The summed E-state index contributed by atoms with van der Waals surface area (Å²) in [5.74, 6) is -0.673. The number of ether oxygens (including phenoxy) is 1. The number of likely N-dealkylation sites (N-methyl/N-ethyl adjacent to an activating group) is 2. The van der Waals surface area contributed by atoms with Crippen molar-refractivity contribution in [1.29, 1.82) is 0 Å². The molecule has 1 aliphatic rings. The third-order valence-corrected chi connectivity index (χ3v) is 6.67. The molecule has 0 saturated carbocycles. The molecule has 0 radical (unpaired) electrons. The average Bonchev–Trinajstić information content (AvgIpc) is 2.88. The van der Waals surface area contributed by atoms with Crippen molar-refractivity contribution in [3.05, 3.63) is 64.4 Å². The van der Waals surface area contributed by atoms with E-state index in [0.29, 0.717) is 73.8 Å². The largest absolute Gasteiger partial charge is 0.493 e. The summed E-state index contributed by atoms with van der Waals surface area (Å²) in [4.78, 5) is 44.1. The molecule has 36 heavy (non-hydrogen) atoms. The summed E-state index contributed by atoms with van der Waals surface area (Å²) in [6.45, 7) is 3.57. The number of nitrogens with zero attached hydrogens (tertiary/aromatic N) is 3.